The van der Waals surface area contributed by atoms with Crippen molar-refractivity contribution in [3.8, 4) is 5.75 Å². The van der Waals surface area contributed by atoms with Gasteiger partial charge in [0.25, 0.3) is 11.8 Å². The molecule has 0 atom stereocenters. The number of aromatic nitrogens is 2. The number of fused-ring (bicyclic) bond motifs is 3. The molecule has 0 radical (unpaired) electrons. The van der Waals surface area contributed by atoms with Crippen molar-refractivity contribution in [2.24, 2.45) is 0 Å². The van der Waals surface area contributed by atoms with Crippen LogP contribution in [0.5, 0.6) is 5.75 Å². The van der Waals surface area contributed by atoms with Crippen molar-refractivity contribution >= 4 is 55.5 Å². The van der Waals surface area contributed by atoms with Gasteiger partial charge in [-0.05, 0) is 37.3 Å². The predicted octanol–water partition coefficient (Wildman–Crippen LogP) is 3.38. The minimum atomic E-state index is -0.182. The Labute approximate surface area is 162 Å². The molecule has 0 bridgehead atoms. The van der Waals surface area contributed by atoms with E-state index in [4.69, 9.17) is 4.74 Å². The molecule has 4 rings (SSSR count). The number of rotatable bonds is 6. The Hall–Kier alpha value is -2.91. The molecule has 3 aromatic heterocycles. The molecule has 4 aromatic rings. The molecule has 0 fully saturated rings. The van der Waals surface area contributed by atoms with Crippen molar-refractivity contribution in [2.45, 2.75) is 6.92 Å². The highest BCUT2D eigenvalue weighted by Crippen LogP contribution is 2.28. The minimum Gasteiger partial charge on any atom is -0.484 e. The topological polar surface area (TPSA) is 84.7 Å². The summed E-state index contributed by atoms with van der Waals surface area (Å²) in [4.78, 5) is 30.8. The second-order valence-corrected chi connectivity index (χ2v) is 7.59. The molecule has 0 aliphatic rings. The average Bonchev–Trinajstić information content (AvgIpc) is 3.33. The van der Waals surface area contributed by atoms with Gasteiger partial charge in [-0.1, -0.05) is 0 Å². The van der Waals surface area contributed by atoms with Crippen molar-refractivity contribution in [3.63, 3.8) is 0 Å². The maximum atomic E-state index is 12.5. The number of carbonyl (C=O) groups is 2. The molecule has 0 saturated heterocycles. The van der Waals surface area contributed by atoms with Gasteiger partial charge in [0.15, 0.2) is 11.6 Å². The third-order valence-electron chi connectivity index (χ3n) is 3.82. The van der Waals surface area contributed by atoms with Gasteiger partial charge in [0.05, 0.1) is 10.4 Å². The van der Waals surface area contributed by atoms with E-state index in [1.54, 1.807) is 35.6 Å². The number of hydrogen-bond donors (Lipinski definition) is 2. The minimum absolute atomic E-state index is 0.0357. The Morgan fingerprint density at radius 3 is 2.85 bits per heavy atom. The summed E-state index contributed by atoms with van der Waals surface area (Å²) >= 11 is 2.93. The molecule has 1 aromatic carbocycles. The quantitative estimate of drug-likeness (QED) is 0.520. The van der Waals surface area contributed by atoms with Crippen LogP contribution in [0.1, 0.15) is 16.6 Å². The van der Waals surface area contributed by atoms with Crippen molar-refractivity contribution in [1.29, 1.82) is 0 Å². The molecule has 2 amide bonds. The molecule has 138 valence electrons. The zero-order valence-corrected chi connectivity index (χ0v) is 16.0. The van der Waals surface area contributed by atoms with Crippen LogP contribution < -0.4 is 15.4 Å². The lowest BCUT2D eigenvalue weighted by atomic mass is 10.3. The predicted molar refractivity (Wildman–Crippen MR) is 107 cm³/mol. The summed E-state index contributed by atoms with van der Waals surface area (Å²) in [7, 11) is 0. The normalized spacial score (nSPS) is 11.0. The molecule has 3 heterocycles. The van der Waals surface area contributed by atoms with Crippen LogP contribution in [0.25, 0.3) is 15.3 Å². The Morgan fingerprint density at radius 1 is 1.26 bits per heavy atom. The number of imidazole rings is 1. The zero-order valence-electron chi connectivity index (χ0n) is 14.4. The number of nitrogens with zero attached hydrogens (tertiary/aromatic N) is 2. The van der Waals surface area contributed by atoms with Crippen molar-refractivity contribution in [3.05, 3.63) is 46.8 Å². The molecular formula is C18H16N4O3S2. The molecule has 0 spiro atoms. The van der Waals surface area contributed by atoms with Crippen LogP contribution in [0.15, 0.2) is 41.9 Å². The number of thiazole rings is 1. The maximum absolute atomic E-state index is 12.5. The number of thiophene rings is 1. The highest BCUT2D eigenvalue weighted by molar-refractivity contribution is 7.21. The summed E-state index contributed by atoms with van der Waals surface area (Å²) in [5.74, 6) is 0.213. The van der Waals surface area contributed by atoms with Gasteiger partial charge >= 0.3 is 0 Å². The summed E-state index contributed by atoms with van der Waals surface area (Å²) < 4.78 is 7.38. The van der Waals surface area contributed by atoms with Crippen LogP contribution in [0.3, 0.4) is 0 Å². The third kappa shape index (κ3) is 3.64. The molecule has 7 nitrogen and oxygen atoms in total. The van der Waals surface area contributed by atoms with Crippen LogP contribution in [-0.4, -0.2) is 34.4 Å². The molecule has 9 heteroatoms. The molecule has 27 heavy (non-hydrogen) atoms. The second kappa shape index (κ2) is 7.37. The van der Waals surface area contributed by atoms with Gasteiger partial charge in [0, 0.05) is 23.8 Å². The lowest BCUT2D eigenvalue weighted by Crippen LogP contribution is -2.28. The van der Waals surface area contributed by atoms with E-state index in [0.29, 0.717) is 22.9 Å². The summed E-state index contributed by atoms with van der Waals surface area (Å²) in [6.45, 7) is 2.38. The highest BCUT2D eigenvalue weighted by atomic mass is 32.1. The van der Waals surface area contributed by atoms with Crippen molar-refractivity contribution < 1.29 is 14.3 Å². The fraction of sp³-hybridized carbons (Fsp3) is 0.167. The van der Waals surface area contributed by atoms with Crippen LogP contribution in [-0.2, 0) is 4.79 Å². The highest BCUT2D eigenvalue weighted by Gasteiger charge is 2.15. The number of ether oxygens (including phenoxy) is 1. The molecular weight excluding hydrogens is 384 g/mol. The number of carbonyl (C=O) groups excluding carboxylic acids is 2. The number of amides is 2. The van der Waals surface area contributed by atoms with E-state index in [-0.39, 0.29) is 18.4 Å². The Kier molecular flexibility index (Phi) is 4.78. The number of benzene rings is 1. The molecule has 2 N–H and O–H groups in total. The zero-order chi connectivity index (χ0) is 18.8. The van der Waals surface area contributed by atoms with Crippen LogP contribution in [0.2, 0.25) is 0 Å². The van der Waals surface area contributed by atoms with Crippen LogP contribution in [0.4, 0.5) is 5.69 Å². The standard InChI is InChI=1S/C18H16N4O3S2/c1-2-19-15(23)10-25-12-5-3-11(4-6-12)20-16(24)14-9-13-17(27-14)21-18-22(13)7-8-26-18/h3-9H,2,10H2,1H3,(H,19,23)(H,20,24). The number of likely N-dealkylation sites (N-methyl/N-ethyl adjacent to an activating group) is 1. The van der Waals surface area contributed by atoms with Crippen LogP contribution in [0, 0.1) is 0 Å². The molecule has 0 aliphatic heterocycles. The lowest BCUT2D eigenvalue weighted by molar-refractivity contribution is -0.122. The van der Waals surface area contributed by atoms with Gasteiger partial charge in [-0.2, -0.15) is 0 Å². The van der Waals surface area contributed by atoms with E-state index < -0.39 is 0 Å². The van der Waals surface area contributed by atoms with E-state index in [1.165, 1.54) is 11.3 Å². The average molecular weight is 400 g/mol. The maximum Gasteiger partial charge on any atom is 0.265 e. The first-order valence-electron chi connectivity index (χ1n) is 8.30. The van der Waals surface area contributed by atoms with Gasteiger partial charge in [-0.3, -0.25) is 14.0 Å². The third-order valence-corrected chi connectivity index (χ3v) is 5.59. The number of anilines is 1. The summed E-state index contributed by atoms with van der Waals surface area (Å²) in [6.07, 6.45) is 1.95. The second-order valence-electron chi connectivity index (χ2n) is 5.69. The van der Waals surface area contributed by atoms with E-state index in [2.05, 4.69) is 15.6 Å². The van der Waals surface area contributed by atoms with Gasteiger partial charge in [-0.25, -0.2) is 4.98 Å². The summed E-state index contributed by atoms with van der Waals surface area (Å²) in [5.41, 5.74) is 1.59. The van der Waals surface area contributed by atoms with Gasteiger partial charge in [-0.15, -0.1) is 22.7 Å². The van der Waals surface area contributed by atoms with Crippen LogP contribution >= 0.6 is 22.7 Å². The first-order valence-corrected chi connectivity index (χ1v) is 9.99. The van der Waals surface area contributed by atoms with E-state index >= 15 is 0 Å². The first-order chi connectivity index (χ1) is 13.1. The van der Waals surface area contributed by atoms with Gasteiger partial charge in [0.1, 0.15) is 10.6 Å². The first kappa shape index (κ1) is 17.5. The number of hydrogen-bond acceptors (Lipinski definition) is 6. The van der Waals surface area contributed by atoms with E-state index in [1.807, 2.05) is 29.0 Å². The lowest BCUT2D eigenvalue weighted by Gasteiger charge is -2.08. The van der Waals surface area contributed by atoms with Crippen molar-refractivity contribution in [2.75, 3.05) is 18.5 Å². The Morgan fingerprint density at radius 2 is 2.07 bits per heavy atom. The van der Waals surface area contributed by atoms with Crippen molar-refractivity contribution in [1.82, 2.24) is 14.7 Å². The monoisotopic (exact) mass is 400 g/mol. The Bertz CT molecular complexity index is 1110. The molecule has 0 saturated carbocycles. The van der Waals surface area contributed by atoms with E-state index in [0.717, 1.165) is 15.3 Å². The smallest absolute Gasteiger partial charge is 0.265 e. The van der Waals surface area contributed by atoms with Gasteiger partial charge < -0.3 is 15.4 Å². The SMILES string of the molecule is CCNC(=O)COc1ccc(NC(=O)c2cc3c(nc4sccn43)s2)cc1. The summed E-state index contributed by atoms with van der Waals surface area (Å²) in [6, 6.07) is 8.76. The van der Waals surface area contributed by atoms with E-state index in [9.17, 15) is 9.59 Å². The largest absolute Gasteiger partial charge is 0.484 e. The number of nitrogens with one attached hydrogen (secondary N) is 2. The fourth-order valence-corrected chi connectivity index (χ4v) is 4.28. The Balaban J connectivity index is 1.41. The molecule has 0 unspecified atom stereocenters. The fourth-order valence-electron chi connectivity index (χ4n) is 2.58. The molecule has 0 aliphatic carbocycles. The van der Waals surface area contributed by atoms with Gasteiger partial charge in [0.2, 0.25) is 0 Å². The summed E-state index contributed by atoms with van der Waals surface area (Å²) in [5, 5.41) is 7.50.